The number of carbonyl (C=O) groups excluding carboxylic acids is 4. The molecule has 4 amide bonds. The van der Waals surface area contributed by atoms with Gasteiger partial charge in [-0.15, -0.1) is 0 Å². The zero-order valence-corrected chi connectivity index (χ0v) is 24.8. The van der Waals surface area contributed by atoms with E-state index >= 15 is 0 Å². The molecule has 1 saturated carbocycles. The number of anilines is 1. The van der Waals surface area contributed by atoms with E-state index in [1.807, 2.05) is 12.1 Å². The first kappa shape index (κ1) is 30.5. The first-order valence-corrected chi connectivity index (χ1v) is 15.1. The quantitative estimate of drug-likeness (QED) is 0.454. The van der Waals surface area contributed by atoms with Crippen LogP contribution in [0.25, 0.3) is 0 Å². The zero-order valence-electron chi connectivity index (χ0n) is 24.8. The number of likely N-dealkylation sites (N-methyl/N-ethyl adjacent to an activating group) is 1. The Morgan fingerprint density at radius 2 is 1.74 bits per heavy atom. The van der Waals surface area contributed by atoms with Gasteiger partial charge in [-0.25, -0.2) is 4.39 Å². The third-order valence-electron chi connectivity index (χ3n) is 8.55. The summed E-state index contributed by atoms with van der Waals surface area (Å²) in [6.45, 7) is 3.25. The van der Waals surface area contributed by atoms with Crippen LogP contribution in [0.4, 0.5) is 10.1 Å². The van der Waals surface area contributed by atoms with Gasteiger partial charge >= 0.3 is 0 Å². The maximum absolute atomic E-state index is 14.3. The highest BCUT2D eigenvalue weighted by Gasteiger charge is 2.38. The van der Waals surface area contributed by atoms with Crippen LogP contribution < -0.4 is 20.7 Å². The molecule has 3 fully saturated rings. The molecule has 2 saturated heterocycles. The van der Waals surface area contributed by atoms with Gasteiger partial charge in [0.15, 0.2) is 12.6 Å². The highest BCUT2D eigenvalue weighted by molar-refractivity contribution is 6.00. The van der Waals surface area contributed by atoms with Gasteiger partial charge in [-0.05, 0) is 60.7 Å². The minimum atomic E-state index is -0.933. The number of nitrogens with one attached hydrogen (secondary N) is 3. The van der Waals surface area contributed by atoms with E-state index < -0.39 is 29.6 Å². The van der Waals surface area contributed by atoms with Crippen molar-refractivity contribution in [3.05, 3.63) is 58.9 Å². The van der Waals surface area contributed by atoms with E-state index in [4.69, 9.17) is 4.74 Å². The lowest BCUT2D eigenvalue weighted by Gasteiger charge is -2.40. The molecule has 1 aliphatic carbocycles. The Morgan fingerprint density at radius 3 is 2.44 bits per heavy atom. The Morgan fingerprint density at radius 1 is 0.953 bits per heavy atom. The standard InChI is InChI=1S/C32H40FN5O5/c1-20(39)36-25-15-23(14-24(33)17-25)31(41)37-12-13-38(28(19-37)30(40)34-2)32(42)22-8-9-29(43-26-10-11-35-18-26)27(16-22)21-6-4-3-5-7-21/h8-9,14-17,21,26,28,35H,3-7,10-13,18-19H2,1-2H3,(H,34,40)(H,36,39)/q+1/t26-,28?/m0/s1. The number of nitrogens with zero attached hydrogens (tertiary/aromatic N) is 2. The lowest BCUT2D eigenvalue weighted by atomic mass is 9.83. The van der Waals surface area contributed by atoms with Crippen LogP contribution in [0.5, 0.6) is 5.75 Å². The van der Waals surface area contributed by atoms with Crippen molar-refractivity contribution in [2.24, 2.45) is 0 Å². The summed E-state index contributed by atoms with van der Waals surface area (Å²) in [7, 11) is 1.49. The van der Waals surface area contributed by atoms with E-state index in [2.05, 4.69) is 16.0 Å². The average Bonchev–Trinajstić information content (AvgIpc) is 3.53. The largest absolute Gasteiger partial charge is 0.484 e. The second kappa shape index (κ2) is 13.5. The van der Waals surface area contributed by atoms with E-state index in [9.17, 15) is 23.6 Å². The minimum Gasteiger partial charge on any atom is -0.484 e. The minimum absolute atomic E-state index is 0.0457. The van der Waals surface area contributed by atoms with Gasteiger partial charge in [0.05, 0.1) is 6.54 Å². The summed E-state index contributed by atoms with van der Waals surface area (Å²) in [5.74, 6) is -1.10. The highest BCUT2D eigenvalue weighted by atomic mass is 19.1. The Kier molecular flexibility index (Phi) is 9.59. The molecule has 5 rings (SSSR count). The SMILES string of the molecule is CNC(=O)C1CN(C(=O)c2cc(F)cc(NC(C)=O)c2)CCN1C(=O)c1ccc(O[C@H]2CC[NH+]C2)c(C2CCCCC2)c1. The summed E-state index contributed by atoms with van der Waals surface area (Å²) >= 11 is 0. The first-order valence-electron chi connectivity index (χ1n) is 15.1. The number of hydrogen-bond acceptors (Lipinski definition) is 6. The number of amides is 4. The molecule has 2 atom stereocenters. The van der Waals surface area contributed by atoms with Gasteiger partial charge in [-0.3, -0.25) is 19.2 Å². The predicted octanol–water partition coefficient (Wildman–Crippen LogP) is 2.04. The molecule has 10 nitrogen and oxygen atoms in total. The molecule has 2 aliphatic heterocycles. The van der Waals surface area contributed by atoms with Crippen LogP contribution >= 0.6 is 0 Å². The summed E-state index contributed by atoms with van der Waals surface area (Å²) in [6, 6.07) is 8.28. The van der Waals surface area contributed by atoms with Crippen LogP contribution in [0, 0.1) is 5.82 Å². The summed E-state index contributed by atoms with van der Waals surface area (Å²) in [5, 5.41) is 8.44. The van der Waals surface area contributed by atoms with E-state index in [-0.39, 0.29) is 42.9 Å². The van der Waals surface area contributed by atoms with Crippen LogP contribution in [0.15, 0.2) is 36.4 Å². The van der Waals surface area contributed by atoms with Crippen molar-refractivity contribution in [1.82, 2.24) is 15.1 Å². The number of hydrogen-bond donors (Lipinski definition) is 3. The molecule has 2 heterocycles. The third-order valence-corrected chi connectivity index (χ3v) is 8.55. The van der Waals surface area contributed by atoms with E-state index in [0.29, 0.717) is 11.5 Å². The molecular weight excluding hydrogens is 553 g/mol. The van der Waals surface area contributed by atoms with Crippen molar-refractivity contribution in [3.8, 4) is 5.75 Å². The van der Waals surface area contributed by atoms with Crippen LogP contribution in [0.1, 0.15) is 77.6 Å². The van der Waals surface area contributed by atoms with Crippen molar-refractivity contribution < 1.29 is 33.6 Å². The molecule has 3 N–H and O–H groups in total. The molecular formula is C32H40FN5O5+. The Labute approximate surface area is 251 Å². The number of ether oxygens (including phenoxy) is 1. The number of carbonyl (C=O) groups is 4. The molecule has 2 aromatic rings. The van der Waals surface area contributed by atoms with E-state index in [0.717, 1.165) is 68.6 Å². The van der Waals surface area contributed by atoms with Crippen molar-refractivity contribution in [2.45, 2.75) is 63.5 Å². The molecule has 43 heavy (non-hydrogen) atoms. The lowest BCUT2D eigenvalue weighted by molar-refractivity contribution is -0.638. The number of piperazine rings is 1. The maximum Gasteiger partial charge on any atom is 0.254 e. The molecule has 3 aliphatic rings. The van der Waals surface area contributed by atoms with Gasteiger partial charge < -0.3 is 25.2 Å². The van der Waals surface area contributed by atoms with Crippen LogP contribution in [0.2, 0.25) is 0 Å². The van der Waals surface area contributed by atoms with Gasteiger partial charge in [0, 0.05) is 50.3 Å². The molecule has 0 aromatic heterocycles. The number of halogens is 1. The predicted molar refractivity (Wildman–Crippen MR) is 157 cm³/mol. The average molecular weight is 594 g/mol. The molecule has 229 valence electrons. The van der Waals surface area contributed by atoms with Crippen molar-refractivity contribution in [2.75, 3.05) is 45.1 Å². The fourth-order valence-electron chi connectivity index (χ4n) is 6.37. The summed E-state index contributed by atoms with van der Waals surface area (Å²) < 4.78 is 20.7. The maximum atomic E-state index is 14.3. The van der Waals surface area contributed by atoms with Crippen molar-refractivity contribution in [1.29, 1.82) is 0 Å². The Hall–Kier alpha value is -3.99. The molecule has 1 unspecified atom stereocenters. The van der Waals surface area contributed by atoms with Crippen molar-refractivity contribution >= 4 is 29.3 Å². The van der Waals surface area contributed by atoms with Gasteiger partial charge in [-0.1, -0.05) is 19.3 Å². The third kappa shape index (κ3) is 7.15. The highest BCUT2D eigenvalue weighted by Crippen LogP contribution is 2.39. The molecule has 0 spiro atoms. The second-order valence-corrected chi connectivity index (χ2v) is 11.6. The zero-order chi connectivity index (χ0) is 30.5. The Bertz CT molecular complexity index is 1370. The normalized spacial score (nSPS) is 20.9. The van der Waals surface area contributed by atoms with Gasteiger partial charge in [0.1, 0.15) is 24.2 Å². The van der Waals surface area contributed by atoms with Crippen LogP contribution in [0.3, 0.4) is 0 Å². The molecule has 0 bridgehead atoms. The van der Waals surface area contributed by atoms with Gasteiger partial charge in [0.2, 0.25) is 11.8 Å². The molecule has 2 aromatic carbocycles. The summed E-state index contributed by atoms with van der Waals surface area (Å²) in [4.78, 5) is 54.8. The fraction of sp³-hybridized carbons (Fsp3) is 0.500. The lowest BCUT2D eigenvalue weighted by Crippen LogP contribution is -2.81. The van der Waals surface area contributed by atoms with E-state index in [1.54, 1.807) is 6.07 Å². The summed E-state index contributed by atoms with van der Waals surface area (Å²) in [6.07, 6.45) is 6.61. The first-order chi connectivity index (χ1) is 20.7. The topological polar surface area (TPSA) is 124 Å². The van der Waals surface area contributed by atoms with Gasteiger partial charge in [-0.2, -0.15) is 5.32 Å². The monoisotopic (exact) mass is 593 g/mol. The van der Waals surface area contributed by atoms with E-state index in [1.165, 1.54) is 36.3 Å². The summed E-state index contributed by atoms with van der Waals surface area (Å²) in [5.41, 5.74) is 1.74. The number of benzene rings is 2. The van der Waals surface area contributed by atoms with Crippen molar-refractivity contribution in [3.63, 3.8) is 0 Å². The fourth-order valence-corrected chi connectivity index (χ4v) is 6.37. The Balaban J connectivity index is 1.37. The molecule has 11 heteroatoms. The second-order valence-electron chi connectivity index (χ2n) is 11.6. The van der Waals surface area contributed by atoms with Gasteiger partial charge in [0.25, 0.3) is 11.8 Å². The molecule has 1 radical (unpaired) electrons. The van der Waals surface area contributed by atoms with Crippen LogP contribution in [-0.4, -0.2) is 85.3 Å². The number of rotatable bonds is 7. The van der Waals surface area contributed by atoms with Crippen LogP contribution in [-0.2, 0) is 9.59 Å². The smallest absolute Gasteiger partial charge is 0.254 e.